The summed E-state index contributed by atoms with van der Waals surface area (Å²) in [5.41, 5.74) is -4.02. The summed E-state index contributed by atoms with van der Waals surface area (Å²) >= 11 is 24.3. The molecule has 0 fully saturated rings. The minimum Gasteiger partial charge on any atom is -0.351 e. The highest BCUT2D eigenvalue weighted by atomic mass is 35.5. The van der Waals surface area contributed by atoms with Crippen LogP contribution in [0.4, 0.5) is 50.9 Å². The van der Waals surface area contributed by atoms with E-state index in [-0.39, 0.29) is 66.3 Å². The number of hydrogen-bond acceptors (Lipinski definition) is 12. The number of benzene rings is 2. The third kappa shape index (κ3) is 15.9. The van der Waals surface area contributed by atoms with Crippen LogP contribution in [0.15, 0.2) is 77.4 Å². The highest BCUT2D eigenvalue weighted by molar-refractivity contribution is 7.93. The second kappa shape index (κ2) is 24.9. The van der Waals surface area contributed by atoms with Crippen molar-refractivity contribution in [3.8, 4) is 11.6 Å². The number of alkyl halides is 9. The standard InChI is InChI=1S/C24H20Cl2F6N6O4S.C22H21Cl2F3N6O3S/c1-11-7-13(25)8-14(20(39)34-10-12(2)43(3,42)37-22(41)24(30,31)32)18(11)35-21(40)16-9-17(23(27,28)29)36-38(16)19-15(26)5-4-6-33-19;1-11-7-13(23)8-14(20(34)30-10-12(2)37(3,28)36)18(11)31-21(35)16-9-17(22(25,26)27)32-33(16)19-15(24)5-4-6-29-19/h4-9,12H,10H2,1-3H3,(H,34,39)(H,35,40);4-9,12,28H,10H2,1-3H3,(H,30,34)(H,31,35). The summed E-state index contributed by atoms with van der Waals surface area (Å²) < 4.78 is 155. The SMILES string of the molecule is Cc1cc(Cl)cc(C(=O)NCC(C)S(C)(=N)=O)c1NC(=O)c1cc(C(F)(F)F)nn1-c1ncccc1Cl.Cc1cc(Cl)cc(C(=O)NCC(C)S(C)(=O)=NC(=O)C(F)(F)F)c1NC(=O)c1cc(C(F)(F)F)nn1-c1ncccc1Cl. The zero-order chi connectivity index (χ0) is 60.2. The summed E-state index contributed by atoms with van der Waals surface area (Å²) in [5.74, 6) is -6.88. The smallest absolute Gasteiger partial charge is 0.351 e. The van der Waals surface area contributed by atoms with E-state index in [1.165, 1.54) is 88.8 Å². The van der Waals surface area contributed by atoms with Crippen molar-refractivity contribution in [3.63, 3.8) is 0 Å². The summed E-state index contributed by atoms with van der Waals surface area (Å²) in [5, 5.41) is 14.7. The van der Waals surface area contributed by atoms with Crippen LogP contribution < -0.4 is 21.3 Å². The van der Waals surface area contributed by atoms with E-state index in [4.69, 9.17) is 51.2 Å². The molecule has 6 aromatic rings. The molecule has 4 unspecified atom stereocenters. The van der Waals surface area contributed by atoms with E-state index in [1.54, 1.807) is 0 Å². The van der Waals surface area contributed by atoms with Crippen LogP contribution >= 0.6 is 46.4 Å². The lowest BCUT2D eigenvalue weighted by molar-refractivity contribution is -0.169. The van der Waals surface area contributed by atoms with Crippen LogP contribution in [0, 0.1) is 18.6 Å². The molecule has 6 rings (SSSR count). The van der Waals surface area contributed by atoms with Crippen LogP contribution in [-0.4, -0.2) is 110 Å². The van der Waals surface area contributed by atoms with Crippen LogP contribution in [0.3, 0.4) is 0 Å². The van der Waals surface area contributed by atoms with Crippen LogP contribution in [0.1, 0.15) is 78.1 Å². The van der Waals surface area contributed by atoms with Gasteiger partial charge in [-0.1, -0.05) is 46.4 Å². The fourth-order valence-electron chi connectivity index (χ4n) is 6.57. The molecule has 0 radical (unpaired) electrons. The molecular weight excluding hydrogens is 1210 g/mol. The number of hydrogen-bond donors (Lipinski definition) is 5. The van der Waals surface area contributed by atoms with E-state index in [0.717, 1.165) is 12.3 Å². The number of carbonyl (C=O) groups excluding carboxylic acids is 5. The highest BCUT2D eigenvalue weighted by Gasteiger charge is 2.41. The van der Waals surface area contributed by atoms with Gasteiger partial charge in [-0.25, -0.2) is 27.7 Å². The van der Waals surface area contributed by atoms with Crippen molar-refractivity contribution in [2.75, 3.05) is 36.2 Å². The Balaban J connectivity index is 0.000000297. The van der Waals surface area contributed by atoms with E-state index in [0.29, 0.717) is 27.1 Å². The lowest BCUT2D eigenvalue weighted by Gasteiger charge is -2.18. The van der Waals surface area contributed by atoms with Crippen LogP contribution in [-0.2, 0) is 36.6 Å². The molecule has 0 aliphatic rings. The third-order valence-corrected chi connectivity index (χ3v) is 15.9. The van der Waals surface area contributed by atoms with E-state index in [2.05, 4.69) is 45.8 Å². The Morgan fingerprint density at radius 1 is 0.625 bits per heavy atom. The van der Waals surface area contributed by atoms with Gasteiger partial charge in [0, 0.05) is 69.9 Å². The lowest BCUT2D eigenvalue weighted by Crippen LogP contribution is -2.36. The molecule has 0 bridgehead atoms. The fraction of sp³-hybridized carbons (Fsp3) is 0.283. The number of anilines is 2. The van der Waals surface area contributed by atoms with Gasteiger partial charge in [0.05, 0.1) is 52.8 Å². The molecule has 0 aliphatic carbocycles. The maximum absolute atomic E-state index is 13.5. The molecular formula is C46H41Cl4F9N12O7S2. The summed E-state index contributed by atoms with van der Waals surface area (Å²) in [6.07, 6.45) is -10.6. The number of nitrogens with zero attached hydrogens (tertiary/aromatic N) is 7. The summed E-state index contributed by atoms with van der Waals surface area (Å²) in [6.45, 7) is 5.05. The van der Waals surface area contributed by atoms with Gasteiger partial charge in [-0.15, -0.1) is 0 Å². The normalized spacial score (nSPS) is 14.0. The molecule has 0 saturated heterocycles. The van der Waals surface area contributed by atoms with Gasteiger partial charge in [0.15, 0.2) is 23.0 Å². The first kappa shape index (κ1) is 64.0. The summed E-state index contributed by atoms with van der Waals surface area (Å²) in [6, 6.07) is 11.7. The number of amides is 5. The van der Waals surface area contributed by atoms with E-state index < -0.39 is 107 Å². The van der Waals surface area contributed by atoms with Crippen molar-refractivity contribution < 1.29 is 71.9 Å². The number of rotatable bonds is 14. The minimum absolute atomic E-state index is 0.0171. The second-order valence-electron chi connectivity index (χ2n) is 17.2. The van der Waals surface area contributed by atoms with Crippen LogP contribution in [0.5, 0.6) is 0 Å². The number of aromatic nitrogens is 6. The van der Waals surface area contributed by atoms with Gasteiger partial charge in [-0.05, 0) is 87.4 Å². The molecule has 0 spiro atoms. The van der Waals surface area contributed by atoms with Crippen molar-refractivity contribution in [3.05, 3.63) is 138 Å². The van der Waals surface area contributed by atoms with Crippen molar-refractivity contribution in [1.29, 1.82) is 4.78 Å². The number of aryl methyl sites for hydroxylation is 2. The van der Waals surface area contributed by atoms with E-state index >= 15 is 0 Å². The molecule has 430 valence electrons. The van der Waals surface area contributed by atoms with Gasteiger partial charge in [0.1, 0.15) is 11.4 Å². The maximum atomic E-state index is 13.5. The first-order valence-electron chi connectivity index (χ1n) is 22.2. The van der Waals surface area contributed by atoms with Crippen LogP contribution in [0.2, 0.25) is 20.1 Å². The largest absolute Gasteiger partial charge is 0.474 e. The molecule has 5 N–H and O–H groups in total. The Bertz CT molecular complexity index is 3660. The third-order valence-electron chi connectivity index (χ3n) is 11.0. The van der Waals surface area contributed by atoms with Crippen LogP contribution in [0.25, 0.3) is 11.6 Å². The maximum Gasteiger partial charge on any atom is 0.474 e. The average molecular weight is 1250 g/mol. The zero-order valence-electron chi connectivity index (χ0n) is 41.7. The summed E-state index contributed by atoms with van der Waals surface area (Å²) in [7, 11) is -6.71. The Kier molecular flexibility index (Phi) is 19.9. The molecule has 4 atom stereocenters. The first-order valence-corrected chi connectivity index (χ1v) is 27.7. The average Bonchev–Trinajstić information content (AvgIpc) is 4.01. The van der Waals surface area contributed by atoms with E-state index in [9.17, 15) is 71.9 Å². The van der Waals surface area contributed by atoms with Crippen molar-refractivity contribution in [2.24, 2.45) is 4.36 Å². The van der Waals surface area contributed by atoms with Gasteiger partial charge in [0.2, 0.25) is 0 Å². The van der Waals surface area contributed by atoms with E-state index in [1.807, 2.05) is 0 Å². The number of nitrogens with one attached hydrogen (secondary N) is 5. The van der Waals surface area contributed by atoms with Crippen molar-refractivity contribution >= 4 is 107 Å². The fourth-order valence-corrected chi connectivity index (χ4v) is 8.92. The molecule has 19 nitrogen and oxygen atoms in total. The number of halogens is 13. The Morgan fingerprint density at radius 3 is 1.34 bits per heavy atom. The zero-order valence-corrected chi connectivity index (χ0v) is 46.4. The molecule has 2 aromatic carbocycles. The Labute approximate surface area is 468 Å². The monoisotopic (exact) mass is 1250 g/mol. The van der Waals surface area contributed by atoms with Gasteiger partial charge in [-0.2, -0.15) is 54.1 Å². The molecule has 80 heavy (non-hydrogen) atoms. The lowest BCUT2D eigenvalue weighted by atomic mass is 10.1. The quantitative estimate of drug-likeness (QED) is 0.0640. The van der Waals surface area contributed by atoms with Gasteiger partial charge >= 0.3 is 24.4 Å². The number of pyridine rings is 2. The van der Waals surface area contributed by atoms with Crippen molar-refractivity contribution in [2.45, 2.75) is 56.7 Å². The minimum atomic E-state index is -5.34. The molecule has 4 aromatic heterocycles. The highest BCUT2D eigenvalue weighted by Crippen LogP contribution is 2.34. The second-order valence-corrected chi connectivity index (χ2v) is 24.2. The first-order chi connectivity index (χ1) is 36.8. The predicted octanol–water partition coefficient (Wildman–Crippen LogP) is 10.4. The molecule has 0 aliphatic heterocycles. The number of carbonyl (C=O) groups is 5. The Morgan fingerprint density at radius 2 is 1.00 bits per heavy atom. The molecule has 4 heterocycles. The van der Waals surface area contributed by atoms with Gasteiger partial charge in [-0.3, -0.25) is 28.8 Å². The Hall–Kier alpha value is -6.86. The molecule has 0 saturated carbocycles. The van der Waals surface area contributed by atoms with Crippen molar-refractivity contribution in [1.82, 2.24) is 40.2 Å². The van der Waals surface area contributed by atoms with Gasteiger partial charge < -0.3 is 21.3 Å². The molecule has 5 amide bonds. The topological polar surface area (TPSA) is 265 Å². The predicted molar refractivity (Wildman–Crippen MR) is 279 cm³/mol. The van der Waals surface area contributed by atoms with Gasteiger partial charge in [0.25, 0.3) is 23.6 Å². The summed E-state index contributed by atoms with van der Waals surface area (Å²) in [4.78, 5) is 71.5. The molecule has 34 heteroatoms.